The van der Waals surface area contributed by atoms with Gasteiger partial charge in [0.25, 0.3) is 0 Å². The van der Waals surface area contributed by atoms with Crippen LogP contribution in [0.5, 0.6) is 5.75 Å². The van der Waals surface area contributed by atoms with Crippen molar-refractivity contribution in [2.75, 3.05) is 32.8 Å². The third-order valence-corrected chi connectivity index (χ3v) is 7.39. The summed E-state index contributed by atoms with van der Waals surface area (Å²) in [6, 6.07) is 11.5. The van der Waals surface area contributed by atoms with Crippen molar-refractivity contribution in [2.45, 2.75) is 24.5 Å². The van der Waals surface area contributed by atoms with E-state index in [4.69, 9.17) is 4.74 Å². The number of halogens is 3. The van der Waals surface area contributed by atoms with Crippen LogP contribution in [0.1, 0.15) is 18.3 Å². The van der Waals surface area contributed by atoms with Gasteiger partial charge in [0, 0.05) is 26.2 Å². The number of piperazine rings is 1. The molecule has 3 aromatic rings. The highest BCUT2D eigenvalue weighted by Crippen LogP contribution is 2.35. The second-order valence-electron chi connectivity index (χ2n) is 7.61. The number of ether oxygens (including phenoxy) is 1. The highest BCUT2D eigenvalue weighted by molar-refractivity contribution is 7.89. The molecule has 1 aliphatic rings. The van der Waals surface area contributed by atoms with Crippen LogP contribution < -0.4 is 4.74 Å². The van der Waals surface area contributed by atoms with Crippen LogP contribution in [0.25, 0.3) is 5.69 Å². The van der Waals surface area contributed by atoms with E-state index in [2.05, 4.69) is 15.5 Å². The summed E-state index contributed by atoms with van der Waals surface area (Å²) in [5.74, 6) is 1.29. The molecule has 0 aliphatic carbocycles. The summed E-state index contributed by atoms with van der Waals surface area (Å²) < 4.78 is 74.0. The van der Waals surface area contributed by atoms with E-state index in [1.165, 1.54) is 12.1 Å². The summed E-state index contributed by atoms with van der Waals surface area (Å²) in [6.07, 6.45) is -4.76. The Kier molecular flexibility index (Phi) is 6.86. The minimum absolute atomic E-state index is 0.0547. The molecule has 2 aromatic carbocycles. The second kappa shape index (κ2) is 9.68. The Morgan fingerprint density at radius 2 is 1.68 bits per heavy atom. The quantitative estimate of drug-likeness (QED) is 0.496. The van der Waals surface area contributed by atoms with Crippen molar-refractivity contribution in [3.63, 3.8) is 0 Å². The Hall–Kier alpha value is -3.03. The molecule has 9 nitrogen and oxygen atoms in total. The average Bonchev–Trinajstić information content (AvgIpc) is 3.28. The molecule has 0 radical (unpaired) electrons. The Labute approximate surface area is 194 Å². The van der Waals surface area contributed by atoms with E-state index in [0.29, 0.717) is 32.1 Å². The molecule has 1 aromatic heterocycles. The lowest BCUT2D eigenvalue weighted by molar-refractivity contribution is -0.139. The molecular weight excluding hydrogens is 473 g/mol. The van der Waals surface area contributed by atoms with Gasteiger partial charge in [0.1, 0.15) is 5.75 Å². The highest BCUT2D eigenvalue weighted by atomic mass is 32.2. The second-order valence-corrected chi connectivity index (χ2v) is 9.51. The first-order valence-electron chi connectivity index (χ1n) is 10.6. The summed E-state index contributed by atoms with van der Waals surface area (Å²) in [5, 5.41) is 11.8. The van der Waals surface area contributed by atoms with Gasteiger partial charge in [0.05, 0.1) is 29.3 Å². The average molecular weight is 497 g/mol. The van der Waals surface area contributed by atoms with E-state index in [9.17, 15) is 21.6 Å². The van der Waals surface area contributed by atoms with E-state index in [1.807, 2.05) is 36.1 Å². The lowest BCUT2D eigenvalue weighted by Crippen LogP contribution is -2.48. The van der Waals surface area contributed by atoms with Gasteiger partial charge in [-0.25, -0.2) is 8.42 Å². The van der Waals surface area contributed by atoms with Gasteiger partial charge in [-0.1, -0.05) is 12.1 Å². The minimum Gasteiger partial charge on any atom is -0.494 e. The summed E-state index contributed by atoms with van der Waals surface area (Å²) in [5.41, 5.74) is -0.416. The molecule has 0 amide bonds. The molecule has 13 heteroatoms. The predicted molar refractivity (Wildman–Crippen MR) is 116 cm³/mol. The number of hydrogen-bond acceptors (Lipinski definition) is 7. The maximum Gasteiger partial charge on any atom is 0.417 e. The molecule has 0 spiro atoms. The SMILES string of the molecule is CCOc1ccc(-n2nnnc2CN2CCN(S(=O)(=O)c3ccccc3C(F)(F)F)CC2)cc1. The van der Waals surface area contributed by atoms with E-state index < -0.39 is 26.7 Å². The van der Waals surface area contributed by atoms with Crippen molar-refractivity contribution in [3.8, 4) is 11.4 Å². The van der Waals surface area contributed by atoms with Gasteiger partial charge in [-0.3, -0.25) is 4.90 Å². The number of alkyl halides is 3. The standard InChI is InChI=1S/C21H23F3N6O3S/c1-2-33-17-9-7-16(8-10-17)30-20(25-26-27-30)15-28-11-13-29(14-12-28)34(31,32)19-6-4-3-5-18(19)21(22,23)24/h3-10H,2,11-15H2,1H3. The van der Waals surface area contributed by atoms with Crippen LogP contribution in [0.15, 0.2) is 53.4 Å². The number of nitrogens with zero attached hydrogens (tertiary/aromatic N) is 6. The Bertz CT molecular complexity index is 1220. The largest absolute Gasteiger partial charge is 0.494 e. The van der Waals surface area contributed by atoms with E-state index >= 15 is 0 Å². The van der Waals surface area contributed by atoms with Gasteiger partial charge in [-0.2, -0.15) is 22.2 Å². The molecule has 2 heterocycles. The van der Waals surface area contributed by atoms with Gasteiger partial charge < -0.3 is 4.74 Å². The number of rotatable bonds is 7. The molecule has 0 N–H and O–H groups in total. The van der Waals surface area contributed by atoms with Crippen molar-refractivity contribution in [3.05, 3.63) is 59.9 Å². The Morgan fingerprint density at radius 3 is 2.32 bits per heavy atom. The van der Waals surface area contributed by atoms with Gasteiger partial charge in [-0.05, 0) is 53.7 Å². The maximum atomic E-state index is 13.3. The third kappa shape index (κ3) is 5.05. The van der Waals surface area contributed by atoms with Gasteiger partial charge >= 0.3 is 6.18 Å². The minimum atomic E-state index is -4.76. The van der Waals surface area contributed by atoms with Crippen LogP contribution in [0.4, 0.5) is 13.2 Å². The van der Waals surface area contributed by atoms with Crippen LogP contribution in [-0.2, 0) is 22.7 Å². The molecule has 182 valence electrons. The number of aromatic nitrogens is 4. The molecule has 1 saturated heterocycles. The van der Waals surface area contributed by atoms with Gasteiger partial charge in [0.15, 0.2) is 5.82 Å². The number of tetrazole rings is 1. The zero-order valence-electron chi connectivity index (χ0n) is 18.3. The molecule has 4 rings (SSSR count). The van der Waals surface area contributed by atoms with E-state index in [0.717, 1.165) is 27.9 Å². The van der Waals surface area contributed by atoms with Crippen molar-refractivity contribution in [2.24, 2.45) is 0 Å². The zero-order chi connectivity index (χ0) is 24.3. The fourth-order valence-electron chi connectivity index (χ4n) is 3.75. The van der Waals surface area contributed by atoms with Crippen LogP contribution in [0, 0.1) is 0 Å². The fourth-order valence-corrected chi connectivity index (χ4v) is 5.38. The molecule has 0 atom stereocenters. The van der Waals surface area contributed by atoms with Crippen LogP contribution in [-0.4, -0.2) is 70.6 Å². The molecular formula is C21H23F3N6O3S. The summed E-state index contributed by atoms with van der Waals surface area (Å²) in [7, 11) is -4.29. The maximum absolute atomic E-state index is 13.3. The number of sulfonamides is 1. The van der Waals surface area contributed by atoms with Gasteiger partial charge in [0.2, 0.25) is 10.0 Å². The molecule has 1 aliphatic heterocycles. The monoisotopic (exact) mass is 496 g/mol. The topological polar surface area (TPSA) is 93.4 Å². The van der Waals surface area contributed by atoms with Crippen LogP contribution in [0.2, 0.25) is 0 Å². The first-order valence-corrected chi connectivity index (χ1v) is 12.0. The lowest BCUT2D eigenvalue weighted by atomic mass is 10.2. The summed E-state index contributed by atoms with van der Waals surface area (Å²) in [4.78, 5) is 1.23. The van der Waals surface area contributed by atoms with Crippen molar-refractivity contribution < 1.29 is 26.3 Å². The molecule has 1 fully saturated rings. The van der Waals surface area contributed by atoms with E-state index in [-0.39, 0.29) is 13.1 Å². The van der Waals surface area contributed by atoms with Crippen molar-refractivity contribution >= 4 is 10.0 Å². The Balaban J connectivity index is 1.44. The highest BCUT2D eigenvalue weighted by Gasteiger charge is 2.39. The van der Waals surface area contributed by atoms with Gasteiger partial charge in [-0.15, -0.1) is 5.10 Å². The first kappa shape index (κ1) is 24.1. The predicted octanol–water partition coefficient (Wildman–Crippen LogP) is 2.59. The number of hydrogen-bond donors (Lipinski definition) is 0. The smallest absolute Gasteiger partial charge is 0.417 e. The van der Waals surface area contributed by atoms with Crippen LogP contribution in [0.3, 0.4) is 0 Å². The normalized spacial score (nSPS) is 16.0. The van der Waals surface area contributed by atoms with Crippen molar-refractivity contribution in [1.82, 2.24) is 29.4 Å². The zero-order valence-corrected chi connectivity index (χ0v) is 19.1. The van der Waals surface area contributed by atoms with E-state index in [1.54, 1.807) is 4.68 Å². The third-order valence-electron chi connectivity index (χ3n) is 5.43. The lowest BCUT2D eigenvalue weighted by Gasteiger charge is -2.34. The fraction of sp³-hybridized carbons (Fsp3) is 0.381. The molecule has 0 saturated carbocycles. The first-order chi connectivity index (χ1) is 16.2. The number of benzene rings is 2. The molecule has 0 bridgehead atoms. The summed E-state index contributed by atoms with van der Waals surface area (Å²) in [6.45, 7) is 3.56. The molecule has 0 unspecified atom stereocenters. The Morgan fingerprint density at radius 1 is 1.00 bits per heavy atom. The van der Waals surface area contributed by atoms with Crippen molar-refractivity contribution in [1.29, 1.82) is 0 Å². The van der Waals surface area contributed by atoms with Crippen LogP contribution >= 0.6 is 0 Å². The molecule has 34 heavy (non-hydrogen) atoms. The summed E-state index contributed by atoms with van der Waals surface area (Å²) >= 11 is 0.